The van der Waals surface area contributed by atoms with Crippen molar-refractivity contribution in [2.75, 3.05) is 37.1 Å². The van der Waals surface area contributed by atoms with E-state index in [4.69, 9.17) is 14.2 Å². The fourth-order valence-corrected chi connectivity index (χ4v) is 3.35. The Morgan fingerprint density at radius 2 is 1.96 bits per heavy atom. The highest BCUT2D eigenvalue weighted by Crippen LogP contribution is 2.18. The largest absolute Gasteiger partial charge is 0.497 e. The van der Waals surface area contributed by atoms with E-state index < -0.39 is 0 Å². The summed E-state index contributed by atoms with van der Waals surface area (Å²) in [5.41, 5.74) is 0.592. The number of aromatic nitrogens is 1. The van der Waals surface area contributed by atoms with Crippen molar-refractivity contribution in [3.8, 4) is 11.5 Å². The number of anilines is 1. The molecular formula is C18H22N2O5S2. The van der Waals surface area contributed by atoms with Crippen LogP contribution in [0.5, 0.6) is 11.5 Å². The first-order valence-corrected chi connectivity index (χ1v) is 10.4. The van der Waals surface area contributed by atoms with Gasteiger partial charge >= 0.3 is 5.97 Å². The molecule has 1 aromatic heterocycles. The molecule has 0 atom stereocenters. The van der Waals surface area contributed by atoms with Crippen LogP contribution in [0.2, 0.25) is 0 Å². The second-order valence-corrected chi connectivity index (χ2v) is 7.21. The summed E-state index contributed by atoms with van der Waals surface area (Å²) in [6.07, 6.45) is 0.109. The van der Waals surface area contributed by atoms with Crippen molar-refractivity contribution < 1.29 is 23.8 Å². The van der Waals surface area contributed by atoms with Gasteiger partial charge in [0.25, 0.3) is 0 Å². The lowest BCUT2D eigenvalue weighted by Crippen LogP contribution is -2.15. The minimum atomic E-state index is -0.326. The van der Waals surface area contributed by atoms with Gasteiger partial charge in [-0.3, -0.25) is 9.59 Å². The molecule has 2 aromatic rings. The molecule has 1 N–H and O–H groups in total. The van der Waals surface area contributed by atoms with E-state index >= 15 is 0 Å². The maximum absolute atomic E-state index is 11.9. The van der Waals surface area contributed by atoms with E-state index in [0.717, 1.165) is 11.5 Å². The number of nitrogens with zero attached hydrogens (tertiary/aromatic N) is 1. The predicted molar refractivity (Wildman–Crippen MR) is 107 cm³/mol. The molecule has 0 aliphatic carbocycles. The number of hydrogen-bond acceptors (Lipinski definition) is 8. The molecule has 9 heteroatoms. The Morgan fingerprint density at radius 3 is 2.67 bits per heavy atom. The zero-order valence-electron chi connectivity index (χ0n) is 15.2. The Labute approximate surface area is 166 Å². The van der Waals surface area contributed by atoms with Gasteiger partial charge in [0.15, 0.2) is 5.13 Å². The third-order valence-electron chi connectivity index (χ3n) is 3.22. The quantitative estimate of drug-likeness (QED) is 0.450. The highest BCUT2D eigenvalue weighted by Gasteiger charge is 2.10. The normalized spacial score (nSPS) is 10.3. The first-order chi connectivity index (χ1) is 13.1. The van der Waals surface area contributed by atoms with Gasteiger partial charge in [-0.2, -0.15) is 0 Å². The highest BCUT2D eigenvalue weighted by atomic mass is 32.2. The Bertz CT molecular complexity index is 734. The van der Waals surface area contributed by atoms with E-state index in [9.17, 15) is 9.59 Å². The lowest BCUT2D eigenvalue weighted by Gasteiger charge is -2.07. The minimum absolute atomic E-state index is 0.109. The number of methoxy groups -OCH3 is 1. The van der Waals surface area contributed by atoms with Crippen molar-refractivity contribution in [3.63, 3.8) is 0 Å². The fraction of sp³-hybridized carbons (Fsp3) is 0.389. The first-order valence-electron chi connectivity index (χ1n) is 8.35. The molecule has 146 valence electrons. The van der Waals surface area contributed by atoms with Gasteiger partial charge < -0.3 is 19.5 Å². The van der Waals surface area contributed by atoms with Gasteiger partial charge in [-0.25, -0.2) is 4.98 Å². The van der Waals surface area contributed by atoms with Crippen LogP contribution in [0.1, 0.15) is 12.6 Å². The van der Waals surface area contributed by atoms with Crippen molar-refractivity contribution in [3.05, 3.63) is 35.3 Å². The number of esters is 1. The van der Waals surface area contributed by atoms with Gasteiger partial charge in [0.1, 0.15) is 11.5 Å². The van der Waals surface area contributed by atoms with E-state index in [2.05, 4.69) is 10.3 Å². The fourth-order valence-electron chi connectivity index (χ4n) is 2.02. The van der Waals surface area contributed by atoms with Crippen molar-refractivity contribution in [1.29, 1.82) is 0 Å². The second kappa shape index (κ2) is 11.5. The molecular weight excluding hydrogens is 388 g/mol. The SMILES string of the molecule is CCOC(=O)Cc1csc(NC(=O)CSCCOc2ccc(OC)cc2)n1. The Balaban J connectivity index is 1.61. The molecule has 0 aliphatic rings. The molecule has 0 saturated heterocycles. The number of rotatable bonds is 11. The lowest BCUT2D eigenvalue weighted by atomic mass is 10.3. The summed E-state index contributed by atoms with van der Waals surface area (Å²) in [6.45, 7) is 2.60. The summed E-state index contributed by atoms with van der Waals surface area (Å²) in [6, 6.07) is 7.35. The van der Waals surface area contributed by atoms with Crippen LogP contribution in [0.25, 0.3) is 0 Å². The Morgan fingerprint density at radius 1 is 1.22 bits per heavy atom. The molecule has 7 nitrogen and oxygen atoms in total. The van der Waals surface area contributed by atoms with Crippen LogP contribution < -0.4 is 14.8 Å². The zero-order chi connectivity index (χ0) is 19.5. The number of carbonyl (C=O) groups is 2. The maximum atomic E-state index is 11.9. The minimum Gasteiger partial charge on any atom is -0.497 e. The van der Waals surface area contributed by atoms with Crippen LogP contribution in [0.15, 0.2) is 29.6 Å². The van der Waals surface area contributed by atoms with Crippen LogP contribution in [0.4, 0.5) is 5.13 Å². The highest BCUT2D eigenvalue weighted by molar-refractivity contribution is 7.99. The van der Waals surface area contributed by atoms with Crippen molar-refractivity contribution in [2.24, 2.45) is 0 Å². The lowest BCUT2D eigenvalue weighted by molar-refractivity contribution is -0.142. The number of carbonyl (C=O) groups excluding carboxylic acids is 2. The van der Waals surface area contributed by atoms with Crippen molar-refractivity contribution in [2.45, 2.75) is 13.3 Å². The van der Waals surface area contributed by atoms with E-state index in [-0.39, 0.29) is 18.3 Å². The average molecular weight is 411 g/mol. The summed E-state index contributed by atoms with van der Waals surface area (Å²) < 4.78 is 15.6. The number of ether oxygens (including phenoxy) is 3. The Kier molecular flexibility index (Phi) is 8.93. The number of hydrogen-bond donors (Lipinski definition) is 1. The van der Waals surface area contributed by atoms with Crippen LogP contribution in [-0.4, -0.2) is 48.7 Å². The number of benzene rings is 1. The van der Waals surface area contributed by atoms with E-state index in [1.807, 2.05) is 24.3 Å². The number of nitrogens with one attached hydrogen (secondary N) is 1. The van der Waals surface area contributed by atoms with Crippen LogP contribution >= 0.6 is 23.1 Å². The smallest absolute Gasteiger partial charge is 0.311 e. The van der Waals surface area contributed by atoms with Gasteiger partial charge in [0, 0.05) is 11.1 Å². The maximum Gasteiger partial charge on any atom is 0.311 e. The molecule has 0 radical (unpaired) electrons. The average Bonchev–Trinajstić information content (AvgIpc) is 3.08. The monoisotopic (exact) mass is 410 g/mol. The van der Waals surface area contributed by atoms with E-state index in [1.54, 1.807) is 19.4 Å². The molecule has 27 heavy (non-hydrogen) atoms. The first kappa shape index (κ1) is 21.0. The summed E-state index contributed by atoms with van der Waals surface area (Å²) in [4.78, 5) is 27.6. The van der Waals surface area contributed by atoms with Crippen molar-refractivity contribution in [1.82, 2.24) is 4.98 Å². The standard InChI is InChI=1S/C18H22N2O5S2/c1-3-24-17(22)10-13-11-27-18(19-13)20-16(21)12-26-9-8-25-15-6-4-14(23-2)5-7-15/h4-7,11H,3,8-10,12H2,1-2H3,(H,19,20,21). The van der Waals surface area contributed by atoms with Gasteiger partial charge in [-0.15, -0.1) is 23.1 Å². The van der Waals surface area contributed by atoms with Gasteiger partial charge in [-0.1, -0.05) is 0 Å². The van der Waals surface area contributed by atoms with Crippen LogP contribution in [0.3, 0.4) is 0 Å². The second-order valence-electron chi connectivity index (χ2n) is 5.25. The van der Waals surface area contributed by atoms with E-state index in [1.165, 1.54) is 23.1 Å². The van der Waals surface area contributed by atoms with Crippen molar-refractivity contribution >= 4 is 40.1 Å². The molecule has 0 fully saturated rings. The van der Waals surface area contributed by atoms with E-state index in [0.29, 0.717) is 35.5 Å². The number of amides is 1. The Hall–Kier alpha value is -2.26. The predicted octanol–water partition coefficient (Wildman–Crippen LogP) is 3.01. The molecule has 0 spiro atoms. The molecule has 2 rings (SSSR count). The van der Waals surface area contributed by atoms with Crippen LogP contribution in [-0.2, 0) is 20.7 Å². The molecule has 1 aromatic carbocycles. The molecule has 0 unspecified atom stereocenters. The molecule has 1 heterocycles. The topological polar surface area (TPSA) is 86.8 Å². The summed E-state index contributed by atoms with van der Waals surface area (Å²) in [7, 11) is 1.62. The molecule has 1 amide bonds. The zero-order valence-corrected chi connectivity index (χ0v) is 16.9. The molecule has 0 saturated carbocycles. The number of thiazole rings is 1. The summed E-state index contributed by atoms with van der Waals surface area (Å²) >= 11 is 2.76. The summed E-state index contributed by atoms with van der Waals surface area (Å²) in [5.74, 6) is 2.07. The van der Waals surface area contributed by atoms with Crippen LogP contribution in [0, 0.1) is 0 Å². The summed E-state index contributed by atoms with van der Waals surface area (Å²) in [5, 5.41) is 4.95. The van der Waals surface area contributed by atoms with Gasteiger partial charge in [-0.05, 0) is 31.2 Å². The van der Waals surface area contributed by atoms with Gasteiger partial charge in [0.05, 0.1) is 38.2 Å². The third kappa shape index (κ3) is 7.88. The number of thioether (sulfide) groups is 1. The molecule has 0 bridgehead atoms. The van der Waals surface area contributed by atoms with Gasteiger partial charge in [0.2, 0.25) is 5.91 Å². The third-order valence-corrected chi connectivity index (χ3v) is 4.95. The molecule has 0 aliphatic heterocycles.